The van der Waals surface area contributed by atoms with Crippen molar-refractivity contribution >= 4 is 17.7 Å². The molecule has 0 amide bonds. The van der Waals surface area contributed by atoms with Gasteiger partial charge in [0.1, 0.15) is 11.4 Å². The Morgan fingerprint density at radius 1 is 1.56 bits per heavy atom. The fourth-order valence-corrected chi connectivity index (χ4v) is 2.86. The fourth-order valence-electron chi connectivity index (χ4n) is 1.67. The molecular formula is C13H18FNO2S. The molecule has 0 aliphatic rings. The summed E-state index contributed by atoms with van der Waals surface area (Å²) in [6.45, 7) is 3.53. The molecule has 2 unspecified atom stereocenters. The van der Waals surface area contributed by atoms with E-state index in [0.29, 0.717) is 11.3 Å². The van der Waals surface area contributed by atoms with E-state index in [9.17, 15) is 9.18 Å². The lowest BCUT2D eigenvalue weighted by atomic mass is 9.96. The summed E-state index contributed by atoms with van der Waals surface area (Å²) in [6.07, 6.45) is 0.415. The Morgan fingerprint density at radius 3 is 2.67 bits per heavy atom. The van der Waals surface area contributed by atoms with Crippen LogP contribution in [0.25, 0.3) is 0 Å². The van der Waals surface area contributed by atoms with Crippen LogP contribution in [0.2, 0.25) is 0 Å². The summed E-state index contributed by atoms with van der Waals surface area (Å²) < 4.78 is 13.5. The van der Waals surface area contributed by atoms with Crippen molar-refractivity contribution in [1.82, 2.24) is 5.32 Å². The number of halogens is 1. The van der Waals surface area contributed by atoms with E-state index >= 15 is 0 Å². The van der Waals surface area contributed by atoms with E-state index in [4.69, 9.17) is 5.11 Å². The minimum absolute atomic E-state index is 0.00421. The van der Waals surface area contributed by atoms with Gasteiger partial charge in [0.25, 0.3) is 0 Å². The van der Waals surface area contributed by atoms with Crippen molar-refractivity contribution in [3.05, 3.63) is 30.1 Å². The fraction of sp³-hybridized carbons (Fsp3) is 0.462. The third kappa shape index (κ3) is 3.71. The lowest BCUT2D eigenvalue weighted by Crippen LogP contribution is -2.49. The van der Waals surface area contributed by atoms with Crippen LogP contribution in [-0.2, 0) is 4.79 Å². The topological polar surface area (TPSA) is 49.3 Å². The van der Waals surface area contributed by atoms with Gasteiger partial charge in [-0.1, -0.05) is 19.1 Å². The van der Waals surface area contributed by atoms with Gasteiger partial charge in [-0.3, -0.25) is 4.79 Å². The summed E-state index contributed by atoms with van der Waals surface area (Å²) in [7, 11) is 1.62. The van der Waals surface area contributed by atoms with Crippen molar-refractivity contribution in [2.75, 3.05) is 7.05 Å². The molecule has 0 fully saturated rings. The maximum atomic E-state index is 13.5. The second-order valence-corrected chi connectivity index (χ2v) is 5.93. The van der Waals surface area contributed by atoms with E-state index < -0.39 is 11.5 Å². The summed E-state index contributed by atoms with van der Waals surface area (Å²) in [5.41, 5.74) is -0.988. The van der Waals surface area contributed by atoms with Gasteiger partial charge in [-0.2, -0.15) is 0 Å². The number of nitrogens with one attached hydrogen (secondary N) is 1. The third-order valence-electron chi connectivity index (χ3n) is 2.88. The Kier molecular flexibility index (Phi) is 5.16. The Bertz CT molecular complexity index is 427. The van der Waals surface area contributed by atoms with Gasteiger partial charge >= 0.3 is 5.97 Å². The van der Waals surface area contributed by atoms with Crippen LogP contribution in [0.1, 0.15) is 20.3 Å². The van der Waals surface area contributed by atoms with E-state index in [-0.39, 0.29) is 11.1 Å². The van der Waals surface area contributed by atoms with Gasteiger partial charge in [0.2, 0.25) is 0 Å². The Morgan fingerprint density at radius 2 is 2.17 bits per heavy atom. The number of hydrogen-bond donors (Lipinski definition) is 2. The van der Waals surface area contributed by atoms with E-state index in [1.54, 1.807) is 32.2 Å². The van der Waals surface area contributed by atoms with Gasteiger partial charge in [0.15, 0.2) is 0 Å². The minimum atomic E-state index is -0.988. The first-order valence-electron chi connectivity index (χ1n) is 5.72. The molecule has 0 aromatic heterocycles. The molecule has 1 rings (SSSR count). The van der Waals surface area contributed by atoms with Crippen molar-refractivity contribution in [2.24, 2.45) is 0 Å². The molecular weight excluding hydrogens is 253 g/mol. The zero-order chi connectivity index (χ0) is 13.8. The van der Waals surface area contributed by atoms with Crippen LogP contribution >= 0.6 is 11.8 Å². The normalized spacial score (nSPS) is 16.0. The molecule has 0 saturated heterocycles. The number of carboxylic acid groups (broad SMARTS) is 1. The molecule has 0 radical (unpaired) electrons. The SMILES string of the molecule is CNC(C)(CC(C)Sc1ccccc1F)C(=O)O. The standard InChI is InChI=1S/C13H18FNO2S/c1-9(8-13(2,15-3)12(16)17)18-11-7-5-4-6-10(11)14/h4-7,9,15H,8H2,1-3H3,(H,16,17). The van der Waals surface area contributed by atoms with Crippen LogP contribution in [0.5, 0.6) is 0 Å². The zero-order valence-electron chi connectivity index (χ0n) is 10.7. The monoisotopic (exact) mass is 271 g/mol. The van der Waals surface area contributed by atoms with E-state index in [1.807, 2.05) is 6.92 Å². The zero-order valence-corrected chi connectivity index (χ0v) is 11.6. The van der Waals surface area contributed by atoms with E-state index in [0.717, 1.165) is 0 Å². The van der Waals surface area contributed by atoms with Crippen molar-refractivity contribution in [1.29, 1.82) is 0 Å². The maximum Gasteiger partial charge on any atom is 0.323 e. The highest BCUT2D eigenvalue weighted by molar-refractivity contribution is 8.00. The molecule has 0 bridgehead atoms. The highest BCUT2D eigenvalue weighted by Gasteiger charge is 2.33. The molecule has 2 N–H and O–H groups in total. The van der Waals surface area contributed by atoms with Gasteiger partial charge in [0.05, 0.1) is 0 Å². The minimum Gasteiger partial charge on any atom is -0.480 e. The molecule has 0 aliphatic carbocycles. The number of carbonyl (C=O) groups is 1. The maximum absolute atomic E-state index is 13.5. The first-order chi connectivity index (χ1) is 8.39. The number of rotatable bonds is 6. The molecule has 0 spiro atoms. The van der Waals surface area contributed by atoms with E-state index in [1.165, 1.54) is 17.8 Å². The molecule has 0 aliphatic heterocycles. The Hall–Kier alpha value is -1.07. The molecule has 1 aromatic carbocycles. The highest BCUT2D eigenvalue weighted by Crippen LogP contribution is 2.30. The van der Waals surface area contributed by atoms with Crippen LogP contribution in [-0.4, -0.2) is 28.9 Å². The highest BCUT2D eigenvalue weighted by atomic mass is 32.2. The van der Waals surface area contributed by atoms with Crippen LogP contribution in [0.4, 0.5) is 4.39 Å². The summed E-state index contributed by atoms with van der Waals surface area (Å²) >= 11 is 1.35. The van der Waals surface area contributed by atoms with Crippen LogP contribution in [0.15, 0.2) is 29.2 Å². The lowest BCUT2D eigenvalue weighted by Gasteiger charge is -2.27. The average Bonchev–Trinajstić information content (AvgIpc) is 2.31. The number of hydrogen-bond acceptors (Lipinski definition) is 3. The largest absolute Gasteiger partial charge is 0.480 e. The molecule has 0 saturated carbocycles. The summed E-state index contributed by atoms with van der Waals surface area (Å²) in [6, 6.07) is 6.52. The second kappa shape index (κ2) is 6.20. The van der Waals surface area contributed by atoms with Gasteiger partial charge in [-0.25, -0.2) is 4.39 Å². The van der Waals surface area contributed by atoms with Gasteiger partial charge in [-0.05, 0) is 32.5 Å². The number of aliphatic carboxylic acids is 1. The predicted molar refractivity (Wildman–Crippen MR) is 71.4 cm³/mol. The number of carboxylic acids is 1. The van der Waals surface area contributed by atoms with Crippen molar-refractivity contribution in [3.8, 4) is 0 Å². The molecule has 0 heterocycles. The Labute approximate surface area is 111 Å². The average molecular weight is 271 g/mol. The summed E-state index contributed by atoms with van der Waals surface area (Å²) in [4.78, 5) is 11.7. The predicted octanol–water partition coefficient (Wildman–Crippen LogP) is 2.76. The van der Waals surface area contributed by atoms with Gasteiger partial charge < -0.3 is 10.4 Å². The van der Waals surface area contributed by atoms with Gasteiger partial charge in [-0.15, -0.1) is 11.8 Å². The van der Waals surface area contributed by atoms with Crippen molar-refractivity contribution in [3.63, 3.8) is 0 Å². The lowest BCUT2D eigenvalue weighted by molar-refractivity contribution is -0.144. The van der Waals surface area contributed by atoms with Crippen LogP contribution < -0.4 is 5.32 Å². The molecule has 1 aromatic rings. The van der Waals surface area contributed by atoms with Crippen LogP contribution in [0.3, 0.4) is 0 Å². The molecule has 3 nitrogen and oxygen atoms in total. The van der Waals surface area contributed by atoms with Gasteiger partial charge in [0, 0.05) is 10.1 Å². The Balaban J connectivity index is 2.70. The number of benzene rings is 1. The summed E-state index contributed by atoms with van der Waals surface area (Å²) in [5.74, 6) is -1.16. The third-order valence-corrected chi connectivity index (χ3v) is 4.04. The molecule has 18 heavy (non-hydrogen) atoms. The first-order valence-corrected chi connectivity index (χ1v) is 6.60. The molecule has 100 valence electrons. The number of thioether (sulfide) groups is 1. The van der Waals surface area contributed by atoms with Crippen molar-refractivity contribution < 1.29 is 14.3 Å². The summed E-state index contributed by atoms with van der Waals surface area (Å²) in [5, 5.41) is 12.0. The first kappa shape index (κ1) is 15.0. The molecule has 5 heteroatoms. The van der Waals surface area contributed by atoms with Crippen molar-refractivity contribution in [2.45, 2.75) is 36.0 Å². The van der Waals surface area contributed by atoms with E-state index in [2.05, 4.69) is 5.32 Å². The molecule has 2 atom stereocenters. The van der Waals surface area contributed by atoms with Crippen LogP contribution in [0, 0.1) is 5.82 Å². The second-order valence-electron chi connectivity index (χ2n) is 4.45. The quantitative estimate of drug-likeness (QED) is 0.781. The number of likely N-dealkylation sites (N-methyl/N-ethyl adjacent to an activating group) is 1. The smallest absolute Gasteiger partial charge is 0.323 e.